The molecule has 0 fully saturated rings. The number of rotatable bonds is 6. The average molecular weight is 182 g/mol. The molecule has 2 atom stereocenters. The highest BCUT2D eigenvalue weighted by molar-refractivity contribution is 4.92. The highest BCUT2D eigenvalue weighted by atomic mass is 14.1. The van der Waals surface area contributed by atoms with Crippen molar-refractivity contribution in [1.82, 2.24) is 0 Å². The second-order valence-electron chi connectivity index (χ2n) is 4.47. The Bertz CT molecular complexity index is 133. The number of hydrogen-bond donors (Lipinski definition) is 0. The molecule has 0 amide bonds. The van der Waals surface area contributed by atoms with Crippen LogP contribution >= 0.6 is 0 Å². The second-order valence-corrected chi connectivity index (χ2v) is 4.47. The maximum absolute atomic E-state index is 2.43. The molecule has 0 aromatic carbocycles. The number of allylic oxidation sites excluding steroid dienone is 2. The van der Waals surface area contributed by atoms with Crippen LogP contribution in [0.4, 0.5) is 0 Å². The van der Waals surface area contributed by atoms with Crippen LogP contribution in [0.2, 0.25) is 0 Å². The predicted molar refractivity (Wildman–Crippen MR) is 61.8 cm³/mol. The summed E-state index contributed by atoms with van der Waals surface area (Å²) in [5.41, 5.74) is 0. The lowest BCUT2D eigenvalue weighted by Crippen LogP contribution is -2.05. The molecule has 0 aromatic rings. The summed E-state index contributed by atoms with van der Waals surface area (Å²) < 4.78 is 0. The Kier molecular flexibility index (Phi) is 7.03. The van der Waals surface area contributed by atoms with Gasteiger partial charge < -0.3 is 0 Å². The van der Waals surface area contributed by atoms with Crippen LogP contribution in [0.15, 0.2) is 12.2 Å². The minimum atomic E-state index is 0.748. The molecule has 2 unspecified atom stereocenters. The minimum Gasteiger partial charge on any atom is -0.0854 e. The van der Waals surface area contributed by atoms with E-state index in [9.17, 15) is 0 Å². The highest BCUT2D eigenvalue weighted by Gasteiger charge is 2.08. The van der Waals surface area contributed by atoms with Gasteiger partial charge in [0.05, 0.1) is 0 Å². The molecule has 0 aromatic heterocycles. The van der Waals surface area contributed by atoms with Gasteiger partial charge in [-0.1, -0.05) is 59.6 Å². The molecule has 13 heavy (non-hydrogen) atoms. The lowest BCUT2D eigenvalue weighted by atomic mass is 9.90. The van der Waals surface area contributed by atoms with Crippen LogP contribution in [-0.4, -0.2) is 0 Å². The highest BCUT2D eigenvalue weighted by Crippen LogP contribution is 2.19. The molecule has 0 saturated heterocycles. The van der Waals surface area contributed by atoms with Gasteiger partial charge in [-0.25, -0.2) is 0 Å². The van der Waals surface area contributed by atoms with E-state index in [1.807, 2.05) is 0 Å². The van der Waals surface area contributed by atoms with Gasteiger partial charge in [-0.3, -0.25) is 0 Å². The van der Waals surface area contributed by atoms with Gasteiger partial charge in [0.15, 0.2) is 0 Å². The first-order valence-corrected chi connectivity index (χ1v) is 5.80. The quantitative estimate of drug-likeness (QED) is 0.524. The lowest BCUT2D eigenvalue weighted by molar-refractivity contribution is 0.429. The predicted octanol–water partition coefficient (Wildman–Crippen LogP) is 4.66. The summed E-state index contributed by atoms with van der Waals surface area (Å²) in [6.45, 7) is 11.5. The first-order chi connectivity index (χ1) is 6.11. The van der Waals surface area contributed by atoms with Crippen molar-refractivity contribution >= 4 is 0 Å². The van der Waals surface area contributed by atoms with Gasteiger partial charge in [0.1, 0.15) is 0 Å². The maximum Gasteiger partial charge on any atom is -0.0210 e. The fourth-order valence-electron chi connectivity index (χ4n) is 1.45. The zero-order valence-corrected chi connectivity index (χ0v) is 10.0. The van der Waals surface area contributed by atoms with Gasteiger partial charge in [0.25, 0.3) is 0 Å². The molecule has 0 heteroatoms. The molecule has 0 aliphatic carbocycles. The average Bonchev–Trinajstić information content (AvgIpc) is 2.11. The van der Waals surface area contributed by atoms with E-state index in [2.05, 4.69) is 46.8 Å². The molecule has 0 nitrogen and oxygen atoms in total. The summed E-state index contributed by atoms with van der Waals surface area (Å²) in [5.74, 6) is 2.33. The molecule has 0 saturated carbocycles. The van der Waals surface area contributed by atoms with Crippen molar-refractivity contribution in [3.8, 4) is 0 Å². The third kappa shape index (κ3) is 5.90. The van der Waals surface area contributed by atoms with Crippen molar-refractivity contribution in [3.05, 3.63) is 12.2 Å². The molecule has 0 spiro atoms. The first-order valence-electron chi connectivity index (χ1n) is 5.80. The fraction of sp³-hybridized carbons (Fsp3) is 0.846. The van der Waals surface area contributed by atoms with E-state index in [4.69, 9.17) is 0 Å². The summed E-state index contributed by atoms with van der Waals surface area (Å²) in [6, 6.07) is 0. The van der Waals surface area contributed by atoms with Crippen LogP contribution in [0.1, 0.15) is 53.9 Å². The Morgan fingerprint density at radius 3 is 2.00 bits per heavy atom. The van der Waals surface area contributed by atoms with Crippen LogP contribution in [0.25, 0.3) is 0 Å². The van der Waals surface area contributed by atoms with Gasteiger partial charge in [0, 0.05) is 0 Å². The van der Waals surface area contributed by atoms with Crippen LogP contribution in [0.5, 0.6) is 0 Å². The van der Waals surface area contributed by atoms with Crippen molar-refractivity contribution < 1.29 is 0 Å². The molecular formula is C13H26. The van der Waals surface area contributed by atoms with E-state index < -0.39 is 0 Å². The molecule has 78 valence electrons. The van der Waals surface area contributed by atoms with Crippen molar-refractivity contribution in [2.45, 2.75) is 53.9 Å². The van der Waals surface area contributed by atoms with E-state index in [1.54, 1.807) is 0 Å². The Labute approximate surface area is 84.4 Å². The van der Waals surface area contributed by atoms with E-state index in [0.717, 1.165) is 17.8 Å². The number of hydrogen-bond acceptors (Lipinski definition) is 0. The largest absolute Gasteiger partial charge is 0.0854 e. The zero-order valence-electron chi connectivity index (χ0n) is 10.0. The Balaban J connectivity index is 4.00. The van der Waals surface area contributed by atoms with Crippen LogP contribution in [0, 0.1) is 17.8 Å². The molecule has 0 N–H and O–H groups in total. The molecule has 0 aliphatic heterocycles. The van der Waals surface area contributed by atoms with Crippen molar-refractivity contribution in [1.29, 1.82) is 0 Å². The molecule has 0 heterocycles. The van der Waals surface area contributed by atoms with E-state index in [-0.39, 0.29) is 0 Å². The molecule has 0 rings (SSSR count). The van der Waals surface area contributed by atoms with Crippen LogP contribution < -0.4 is 0 Å². The standard InChI is InChI=1S/C13H26/c1-6-8-13(11(3)4)10-9-12(5)7-2/h9-13H,6-8H2,1-5H3. The molecule has 0 bridgehead atoms. The molecule has 0 aliphatic rings. The van der Waals surface area contributed by atoms with Gasteiger partial charge in [-0.05, 0) is 24.2 Å². The van der Waals surface area contributed by atoms with Gasteiger partial charge in [-0.15, -0.1) is 0 Å². The van der Waals surface area contributed by atoms with Crippen LogP contribution in [-0.2, 0) is 0 Å². The van der Waals surface area contributed by atoms with Gasteiger partial charge >= 0.3 is 0 Å². The normalized spacial score (nSPS) is 16.8. The summed E-state index contributed by atoms with van der Waals surface area (Å²) in [6.07, 6.45) is 8.72. The summed E-state index contributed by atoms with van der Waals surface area (Å²) >= 11 is 0. The van der Waals surface area contributed by atoms with E-state index in [1.165, 1.54) is 19.3 Å². The molecular weight excluding hydrogens is 156 g/mol. The summed E-state index contributed by atoms with van der Waals surface area (Å²) in [7, 11) is 0. The Morgan fingerprint density at radius 2 is 1.62 bits per heavy atom. The first kappa shape index (κ1) is 12.7. The maximum atomic E-state index is 2.43. The van der Waals surface area contributed by atoms with Crippen LogP contribution in [0.3, 0.4) is 0 Å². The second kappa shape index (κ2) is 7.17. The zero-order chi connectivity index (χ0) is 10.3. The SMILES string of the molecule is CCCC(C=CC(C)CC)C(C)C. The monoisotopic (exact) mass is 182 g/mol. The molecule has 0 radical (unpaired) electrons. The van der Waals surface area contributed by atoms with Gasteiger partial charge in [0.2, 0.25) is 0 Å². The van der Waals surface area contributed by atoms with Crippen molar-refractivity contribution in [3.63, 3.8) is 0 Å². The van der Waals surface area contributed by atoms with Crippen molar-refractivity contribution in [2.24, 2.45) is 17.8 Å². The Hall–Kier alpha value is -0.260. The lowest BCUT2D eigenvalue weighted by Gasteiger charge is -2.16. The fourth-order valence-corrected chi connectivity index (χ4v) is 1.45. The smallest absolute Gasteiger partial charge is 0.0210 e. The topological polar surface area (TPSA) is 0 Å². The summed E-state index contributed by atoms with van der Waals surface area (Å²) in [4.78, 5) is 0. The summed E-state index contributed by atoms with van der Waals surface area (Å²) in [5, 5.41) is 0. The third-order valence-corrected chi connectivity index (χ3v) is 2.81. The van der Waals surface area contributed by atoms with Gasteiger partial charge in [-0.2, -0.15) is 0 Å². The van der Waals surface area contributed by atoms with E-state index >= 15 is 0 Å². The minimum absolute atomic E-state index is 0.748. The van der Waals surface area contributed by atoms with Crippen molar-refractivity contribution in [2.75, 3.05) is 0 Å². The Morgan fingerprint density at radius 1 is 1.00 bits per heavy atom. The van der Waals surface area contributed by atoms with E-state index in [0.29, 0.717) is 0 Å². The third-order valence-electron chi connectivity index (χ3n) is 2.81.